The van der Waals surface area contributed by atoms with Gasteiger partial charge in [-0.1, -0.05) is 227 Å². The summed E-state index contributed by atoms with van der Waals surface area (Å²) in [5.74, 6) is 0. The summed E-state index contributed by atoms with van der Waals surface area (Å²) in [6.45, 7) is 0. The van der Waals surface area contributed by atoms with Crippen LogP contribution in [0, 0.1) is 0 Å². The summed E-state index contributed by atoms with van der Waals surface area (Å²) in [6, 6.07) is 119. The number of hydrogen-bond donors (Lipinski definition) is 0. The van der Waals surface area contributed by atoms with Gasteiger partial charge in [0.1, 0.15) is 31.3 Å². The number of pyridine rings is 4. The smallest absolute Gasteiger partial charge is 0.190 e. The first kappa shape index (κ1) is 80.4. The summed E-state index contributed by atoms with van der Waals surface area (Å²) in [5, 5.41) is 13.0. The number of fused-ring (bicyclic) bond motifs is 16. The molecule has 0 saturated heterocycles. The SMILES string of the molecule is c1ccc(-c2ccc3c(c2)c2cc(-c4ccccc4)ccc2n3-c2ccc(-c3nc4nccnc4s3)cc2)cc1.c1ccc(-c2ccc3c(c2)c2cc(-c4ccccc4)ccc2n3-c2ccc(-c3nc4nccnc4s3)nc2)cc1.c1ccc2c(c1)c1cccnc1n2-c1ccc(-c2nc3nccnc3s2)cc1.c1ccc2c(c1)c1cccnc1n2-c1ccc(-c2nc3nccnc3s2)nc1. The third kappa shape index (κ3) is 14.9. The minimum absolute atomic E-state index is 0.652. The maximum atomic E-state index is 4.82. The van der Waals surface area contributed by atoms with E-state index in [9.17, 15) is 0 Å². The molecule has 28 aromatic rings. The number of para-hydroxylation sites is 2. The molecule has 0 fully saturated rings. The van der Waals surface area contributed by atoms with Crippen LogP contribution in [0.4, 0.5) is 0 Å². The summed E-state index contributed by atoms with van der Waals surface area (Å²) in [7, 11) is 0. The maximum absolute atomic E-state index is 4.82. The number of thiazole rings is 4. The van der Waals surface area contributed by atoms with Gasteiger partial charge >= 0.3 is 0 Å². The van der Waals surface area contributed by atoms with Crippen LogP contribution in [0.25, 0.3) is 239 Å². The maximum Gasteiger partial charge on any atom is 0.190 e. The van der Waals surface area contributed by atoms with Crippen molar-refractivity contribution in [1.29, 1.82) is 0 Å². The predicted octanol–water partition coefficient (Wildman–Crippen LogP) is 27.6. The molecule has 0 radical (unpaired) electrons. The zero-order valence-corrected chi connectivity index (χ0v) is 75.1. The fourth-order valence-corrected chi connectivity index (χ4v) is 21.4. The molecular formula is C112H68N20S4. The van der Waals surface area contributed by atoms with E-state index in [-0.39, 0.29) is 0 Å². The van der Waals surface area contributed by atoms with Crippen LogP contribution in [0.3, 0.4) is 0 Å². The van der Waals surface area contributed by atoms with E-state index in [2.05, 4.69) is 397 Å². The van der Waals surface area contributed by atoms with Crippen LogP contribution in [-0.4, -0.2) is 98.0 Å². The Hall–Kier alpha value is -17.7. The van der Waals surface area contributed by atoms with Crippen LogP contribution in [-0.2, 0) is 0 Å². The molecule has 0 N–H and O–H groups in total. The van der Waals surface area contributed by atoms with Crippen molar-refractivity contribution in [2.45, 2.75) is 0 Å². The average molecular weight is 1820 g/mol. The van der Waals surface area contributed by atoms with Gasteiger partial charge in [-0.3, -0.25) is 19.1 Å². The van der Waals surface area contributed by atoms with Crippen molar-refractivity contribution in [3.8, 4) is 110 Å². The van der Waals surface area contributed by atoms with Crippen LogP contribution < -0.4 is 0 Å². The van der Waals surface area contributed by atoms with Gasteiger partial charge in [0.2, 0.25) is 0 Å². The Morgan fingerprint density at radius 2 is 0.441 bits per heavy atom. The second-order valence-corrected chi connectivity index (χ2v) is 36.1. The molecule has 20 nitrogen and oxygen atoms in total. The Bertz CT molecular complexity index is 8390. The molecule has 0 aliphatic rings. The highest BCUT2D eigenvalue weighted by Gasteiger charge is 2.23. The van der Waals surface area contributed by atoms with E-state index in [1.807, 2.05) is 55.1 Å². The van der Waals surface area contributed by atoms with Gasteiger partial charge in [0.05, 0.1) is 68.3 Å². The summed E-state index contributed by atoms with van der Waals surface area (Å²) in [5.41, 5.74) is 29.0. The second-order valence-electron chi connectivity index (χ2n) is 32.2. The molecule has 12 aromatic carbocycles. The topological polar surface area (TPSA) is 226 Å². The lowest BCUT2D eigenvalue weighted by Gasteiger charge is -2.09. The zero-order valence-electron chi connectivity index (χ0n) is 71.8. The minimum atomic E-state index is 0.652. The summed E-state index contributed by atoms with van der Waals surface area (Å²) >= 11 is 6.12. The molecule has 0 amide bonds. The molecule has 16 heterocycles. The first-order valence-corrected chi connectivity index (χ1v) is 47.2. The Balaban J connectivity index is 0.0000000979. The van der Waals surface area contributed by atoms with Crippen LogP contribution >= 0.6 is 45.3 Å². The lowest BCUT2D eigenvalue weighted by molar-refractivity contribution is 1.11. The standard InChI is InChI=1S/C35H22N4S.C34H21N5S.C22H13N5S.C21H12N6S/c1-3-7-23(8-4-1)26-13-17-31-29(21-26)30-22-27(24-9-5-2-6-10-24)14-18-32(30)39(31)28-15-11-25(12-16-28)34-38-33-35(40-34)37-20-19-36-33;1-3-7-22(8-4-1)24-11-15-30-27(19-24)28-20-25(23-9-5-2-6-10-23)12-16-31(28)39(30)26-13-14-29(37-21-26)33-38-32-34(40-33)36-18-17-35-32;1-2-6-18-16(4-1)17-5-3-11-24-20(17)27(18)15-9-7-14(8-10-15)21-26-19-22(28-21)25-13-12-23-19;1-2-6-17-14(4-1)15-5-3-9-23-19(15)27(17)13-7-8-16(25-12-13)20-26-18-21(28-20)24-11-10-22-18/h1-22H;1-21H;1-13H;1-12H. The van der Waals surface area contributed by atoms with Crippen molar-refractivity contribution in [3.05, 3.63) is 414 Å². The van der Waals surface area contributed by atoms with Crippen molar-refractivity contribution in [2.75, 3.05) is 0 Å². The van der Waals surface area contributed by atoms with Crippen LogP contribution in [0.2, 0.25) is 0 Å². The van der Waals surface area contributed by atoms with Crippen molar-refractivity contribution in [1.82, 2.24) is 98.0 Å². The monoisotopic (exact) mass is 1820 g/mol. The molecule has 640 valence electrons. The molecule has 0 aliphatic carbocycles. The fourth-order valence-electron chi connectivity index (χ4n) is 17.9. The molecule has 0 saturated carbocycles. The highest BCUT2D eigenvalue weighted by Crippen LogP contribution is 2.43. The number of hydrogen-bond acceptors (Lipinski definition) is 20. The van der Waals surface area contributed by atoms with Gasteiger partial charge in [0, 0.05) is 128 Å². The van der Waals surface area contributed by atoms with E-state index < -0.39 is 0 Å². The third-order valence-corrected chi connectivity index (χ3v) is 28.2. The van der Waals surface area contributed by atoms with Crippen molar-refractivity contribution in [2.24, 2.45) is 0 Å². The zero-order chi connectivity index (χ0) is 89.9. The first-order chi connectivity index (χ1) is 67.4. The van der Waals surface area contributed by atoms with Gasteiger partial charge in [0.25, 0.3) is 0 Å². The van der Waals surface area contributed by atoms with Gasteiger partial charge in [-0.05, 0) is 202 Å². The van der Waals surface area contributed by atoms with Crippen molar-refractivity contribution < 1.29 is 0 Å². The Kier molecular flexibility index (Phi) is 20.4. The average Bonchev–Trinajstić information content (AvgIpc) is 1.60. The second kappa shape index (κ2) is 34.6. The predicted molar refractivity (Wildman–Crippen MR) is 553 cm³/mol. The molecule has 16 aromatic heterocycles. The van der Waals surface area contributed by atoms with E-state index in [1.165, 1.54) is 111 Å². The van der Waals surface area contributed by atoms with Crippen LogP contribution in [0.5, 0.6) is 0 Å². The van der Waals surface area contributed by atoms with Crippen molar-refractivity contribution >= 4 is 175 Å². The lowest BCUT2D eigenvalue weighted by Crippen LogP contribution is -1.96. The number of nitrogens with zero attached hydrogens (tertiary/aromatic N) is 20. The van der Waals surface area contributed by atoms with E-state index >= 15 is 0 Å². The molecule has 0 bridgehead atoms. The largest absolute Gasteiger partial charge is 0.309 e. The van der Waals surface area contributed by atoms with Gasteiger partial charge in [-0.15, -0.1) is 0 Å². The fraction of sp³-hybridized carbons (Fsp3) is 0. The van der Waals surface area contributed by atoms with E-state index in [0.717, 1.165) is 129 Å². The Labute approximate surface area is 790 Å². The van der Waals surface area contributed by atoms with Crippen LogP contribution in [0.15, 0.2) is 414 Å². The van der Waals surface area contributed by atoms with Gasteiger partial charge in [0.15, 0.2) is 41.9 Å². The van der Waals surface area contributed by atoms with Crippen LogP contribution in [0.1, 0.15) is 0 Å². The summed E-state index contributed by atoms with van der Waals surface area (Å²) in [6.07, 6.45) is 20.9. The highest BCUT2D eigenvalue weighted by atomic mass is 32.1. The van der Waals surface area contributed by atoms with E-state index in [4.69, 9.17) is 9.97 Å². The Morgan fingerprint density at radius 3 is 0.787 bits per heavy atom. The van der Waals surface area contributed by atoms with Crippen molar-refractivity contribution in [3.63, 3.8) is 0 Å². The normalized spacial score (nSPS) is 11.5. The molecule has 24 heteroatoms. The highest BCUT2D eigenvalue weighted by molar-refractivity contribution is 7.22. The number of benzene rings is 12. The minimum Gasteiger partial charge on any atom is -0.309 e. The van der Waals surface area contributed by atoms with E-state index in [0.29, 0.717) is 22.6 Å². The molecule has 0 atom stereocenters. The third-order valence-electron chi connectivity index (χ3n) is 24.2. The molecular weight excluding hydrogens is 1750 g/mol. The number of aromatic nitrogens is 20. The summed E-state index contributed by atoms with van der Waals surface area (Å²) < 4.78 is 9.00. The Morgan fingerprint density at radius 1 is 0.169 bits per heavy atom. The van der Waals surface area contributed by atoms with Gasteiger partial charge < -0.3 is 9.13 Å². The lowest BCUT2D eigenvalue weighted by atomic mass is 10.0. The molecule has 28 rings (SSSR count). The van der Waals surface area contributed by atoms with E-state index in [1.54, 1.807) is 72.2 Å². The summed E-state index contributed by atoms with van der Waals surface area (Å²) in [4.78, 5) is 75.1. The molecule has 0 spiro atoms. The van der Waals surface area contributed by atoms with Gasteiger partial charge in [-0.25, -0.2) is 69.8 Å². The van der Waals surface area contributed by atoms with Gasteiger partial charge in [-0.2, -0.15) is 0 Å². The first-order valence-electron chi connectivity index (χ1n) is 43.9. The molecule has 0 aliphatic heterocycles. The molecule has 136 heavy (non-hydrogen) atoms. The quantitative estimate of drug-likeness (QED) is 0.111. The number of rotatable bonds is 12. The molecule has 0 unspecified atom stereocenters.